The molecule has 0 heterocycles. The minimum atomic E-state index is -0.633. The SMILES string of the molecule is CCCCC(CCCc1ccccc1)C(=O)O. The van der Waals surface area contributed by atoms with Gasteiger partial charge in [0.15, 0.2) is 0 Å². The molecule has 1 N–H and O–H groups in total. The molecule has 1 unspecified atom stereocenters. The maximum absolute atomic E-state index is 11.0. The summed E-state index contributed by atoms with van der Waals surface area (Å²) in [6.45, 7) is 2.10. The first-order valence-corrected chi connectivity index (χ1v) is 6.50. The second-order valence-electron chi connectivity index (χ2n) is 4.56. The first-order valence-electron chi connectivity index (χ1n) is 6.50. The van der Waals surface area contributed by atoms with Gasteiger partial charge in [-0.25, -0.2) is 0 Å². The predicted octanol–water partition coefficient (Wildman–Crippen LogP) is 3.90. The Morgan fingerprint density at radius 3 is 2.41 bits per heavy atom. The van der Waals surface area contributed by atoms with E-state index >= 15 is 0 Å². The number of hydrogen-bond donors (Lipinski definition) is 1. The van der Waals surface area contributed by atoms with E-state index in [1.807, 2.05) is 18.2 Å². The molecule has 0 spiro atoms. The highest BCUT2D eigenvalue weighted by molar-refractivity contribution is 5.69. The third kappa shape index (κ3) is 5.53. The number of benzene rings is 1. The van der Waals surface area contributed by atoms with Gasteiger partial charge in [0.2, 0.25) is 0 Å². The van der Waals surface area contributed by atoms with Gasteiger partial charge in [0.25, 0.3) is 0 Å². The molecule has 2 heteroatoms. The van der Waals surface area contributed by atoms with Crippen LogP contribution in [-0.2, 0) is 11.2 Å². The molecule has 1 aromatic carbocycles. The molecular formula is C15H22O2. The van der Waals surface area contributed by atoms with Crippen LogP contribution in [0.4, 0.5) is 0 Å². The Bertz CT molecular complexity index is 319. The van der Waals surface area contributed by atoms with E-state index < -0.39 is 5.97 Å². The van der Waals surface area contributed by atoms with Crippen LogP contribution in [0.25, 0.3) is 0 Å². The van der Waals surface area contributed by atoms with E-state index in [4.69, 9.17) is 5.11 Å². The first-order chi connectivity index (χ1) is 8.24. The molecule has 17 heavy (non-hydrogen) atoms. The predicted molar refractivity (Wildman–Crippen MR) is 70.0 cm³/mol. The summed E-state index contributed by atoms with van der Waals surface area (Å²) in [4.78, 5) is 11.0. The number of aliphatic carboxylic acids is 1. The Morgan fingerprint density at radius 2 is 1.82 bits per heavy atom. The van der Waals surface area contributed by atoms with E-state index in [-0.39, 0.29) is 5.92 Å². The molecule has 0 bridgehead atoms. The maximum atomic E-state index is 11.0. The Morgan fingerprint density at radius 1 is 1.18 bits per heavy atom. The monoisotopic (exact) mass is 234 g/mol. The number of carboxylic acid groups (broad SMARTS) is 1. The molecule has 0 saturated heterocycles. The average molecular weight is 234 g/mol. The van der Waals surface area contributed by atoms with Gasteiger partial charge in [0.05, 0.1) is 5.92 Å². The maximum Gasteiger partial charge on any atom is 0.306 e. The largest absolute Gasteiger partial charge is 0.481 e. The fraction of sp³-hybridized carbons (Fsp3) is 0.533. The number of unbranched alkanes of at least 4 members (excludes halogenated alkanes) is 1. The van der Waals surface area contributed by atoms with Crippen molar-refractivity contribution in [2.75, 3.05) is 0 Å². The van der Waals surface area contributed by atoms with Gasteiger partial charge in [-0.2, -0.15) is 0 Å². The van der Waals surface area contributed by atoms with Crippen molar-refractivity contribution in [3.05, 3.63) is 35.9 Å². The van der Waals surface area contributed by atoms with Gasteiger partial charge in [-0.15, -0.1) is 0 Å². The summed E-state index contributed by atoms with van der Waals surface area (Å²) in [6, 6.07) is 10.3. The fourth-order valence-electron chi connectivity index (χ4n) is 2.04. The van der Waals surface area contributed by atoms with Crippen molar-refractivity contribution in [2.24, 2.45) is 5.92 Å². The van der Waals surface area contributed by atoms with Crippen LogP contribution in [0.15, 0.2) is 30.3 Å². The highest BCUT2D eigenvalue weighted by atomic mass is 16.4. The molecule has 94 valence electrons. The van der Waals surface area contributed by atoms with Crippen LogP contribution in [-0.4, -0.2) is 11.1 Å². The molecule has 0 aliphatic rings. The van der Waals surface area contributed by atoms with Crippen molar-refractivity contribution in [1.29, 1.82) is 0 Å². The number of rotatable bonds is 8. The van der Waals surface area contributed by atoms with Crippen molar-refractivity contribution >= 4 is 5.97 Å². The van der Waals surface area contributed by atoms with Gasteiger partial charge in [-0.05, 0) is 31.2 Å². The van der Waals surface area contributed by atoms with Crippen molar-refractivity contribution < 1.29 is 9.90 Å². The summed E-state index contributed by atoms with van der Waals surface area (Å²) in [5, 5.41) is 9.10. The molecule has 1 aromatic rings. The average Bonchev–Trinajstić information content (AvgIpc) is 2.34. The zero-order chi connectivity index (χ0) is 12.5. The lowest BCUT2D eigenvalue weighted by Gasteiger charge is -2.11. The van der Waals surface area contributed by atoms with Crippen molar-refractivity contribution in [3.8, 4) is 0 Å². The number of hydrogen-bond acceptors (Lipinski definition) is 1. The number of carbonyl (C=O) groups is 1. The van der Waals surface area contributed by atoms with E-state index in [9.17, 15) is 4.79 Å². The van der Waals surface area contributed by atoms with Gasteiger partial charge in [-0.3, -0.25) is 4.79 Å². The zero-order valence-corrected chi connectivity index (χ0v) is 10.6. The topological polar surface area (TPSA) is 37.3 Å². The standard InChI is InChI=1S/C15H22O2/c1-2-3-11-14(15(16)17)12-7-10-13-8-5-4-6-9-13/h4-6,8-9,14H,2-3,7,10-12H2,1H3,(H,16,17). The lowest BCUT2D eigenvalue weighted by Crippen LogP contribution is -2.13. The molecule has 0 radical (unpaired) electrons. The van der Waals surface area contributed by atoms with E-state index in [0.29, 0.717) is 0 Å². The van der Waals surface area contributed by atoms with Crippen LogP contribution in [0, 0.1) is 5.92 Å². The van der Waals surface area contributed by atoms with Crippen LogP contribution < -0.4 is 0 Å². The molecule has 0 aromatic heterocycles. The van der Waals surface area contributed by atoms with Gasteiger partial charge in [0, 0.05) is 0 Å². The molecule has 0 amide bonds. The van der Waals surface area contributed by atoms with Crippen LogP contribution in [0.1, 0.15) is 44.6 Å². The highest BCUT2D eigenvalue weighted by Gasteiger charge is 2.15. The molecule has 1 atom stereocenters. The Labute approximate surface area is 104 Å². The van der Waals surface area contributed by atoms with Crippen LogP contribution in [0.2, 0.25) is 0 Å². The molecule has 0 fully saturated rings. The summed E-state index contributed by atoms with van der Waals surface area (Å²) in [5.41, 5.74) is 1.30. The summed E-state index contributed by atoms with van der Waals surface area (Å²) in [7, 11) is 0. The second kappa shape index (κ2) is 7.88. The fourth-order valence-corrected chi connectivity index (χ4v) is 2.04. The lowest BCUT2D eigenvalue weighted by atomic mass is 9.95. The summed E-state index contributed by atoms with van der Waals surface area (Å²) in [5.74, 6) is -0.787. The normalized spacial score (nSPS) is 12.3. The molecule has 0 aliphatic heterocycles. The van der Waals surface area contributed by atoms with Crippen molar-refractivity contribution in [1.82, 2.24) is 0 Å². The Kier molecular flexibility index (Phi) is 6.38. The van der Waals surface area contributed by atoms with E-state index in [2.05, 4.69) is 19.1 Å². The minimum absolute atomic E-state index is 0.154. The van der Waals surface area contributed by atoms with Crippen molar-refractivity contribution in [3.63, 3.8) is 0 Å². The third-order valence-electron chi connectivity index (χ3n) is 3.12. The van der Waals surface area contributed by atoms with Crippen LogP contribution in [0.3, 0.4) is 0 Å². The van der Waals surface area contributed by atoms with E-state index in [1.165, 1.54) is 5.56 Å². The Balaban J connectivity index is 2.29. The van der Waals surface area contributed by atoms with Gasteiger partial charge in [0.1, 0.15) is 0 Å². The quantitative estimate of drug-likeness (QED) is 0.740. The molecule has 0 aliphatic carbocycles. The van der Waals surface area contributed by atoms with E-state index in [1.54, 1.807) is 0 Å². The zero-order valence-electron chi connectivity index (χ0n) is 10.6. The van der Waals surface area contributed by atoms with Gasteiger partial charge in [-0.1, -0.05) is 50.1 Å². The van der Waals surface area contributed by atoms with Gasteiger partial charge >= 0.3 is 5.97 Å². The highest BCUT2D eigenvalue weighted by Crippen LogP contribution is 2.17. The smallest absolute Gasteiger partial charge is 0.306 e. The molecule has 1 rings (SSSR count). The number of aryl methyl sites for hydroxylation is 1. The number of carboxylic acids is 1. The molecule has 2 nitrogen and oxygen atoms in total. The van der Waals surface area contributed by atoms with Gasteiger partial charge < -0.3 is 5.11 Å². The third-order valence-corrected chi connectivity index (χ3v) is 3.12. The summed E-state index contributed by atoms with van der Waals surface area (Å²) >= 11 is 0. The van der Waals surface area contributed by atoms with Crippen LogP contribution >= 0.6 is 0 Å². The van der Waals surface area contributed by atoms with E-state index in [0.717, 1.165) is 38.5 Å². The minimum Gasteiger partial charge on any atom is -0.481 e. The van der Waals surface area contributed by atoms with Crippen LogP contribution in [0.5, 0.6) is 0 Å². The summed E-state index contributed by atoms with van der Waals surface area (Å²) < 4.78 is 0. The molecule has 0 saturated carbocycles. The first kappa shape index (κ1) is 13.8. The lowest BCUT2D eigenvalue weighted by molar-refractivity contribution is -0.142. The second-order valence-corrected chi connectivity index (χ2v) is 4.56. The van der Waals surface area contributed by atoms with Crippen molar-refractivity contribution in [2.45, 2.75) is 45.4 Å². The molecular weight excluding hydrogens is 212 g/mol. The Hall–Kier alpha value is -1.31. The summed E-state index contributed by atoms with van der Waals surface area (Å²) in [6.07, 6.45) is 5.65.